The highest BCUT2D eigenvalue weighted by atomic mass is 32.1. The van der Waals surface area contributed by atoms with E-state index in [0.717, 1.165) is 17.2 Å². The maximum absolute atomic E-state index is 5.77. The van der Waals surface area contributed by atoms with Crippen molar-refractivity contribution in [2.45, 2.75) is 33.4 Å². The first-order valence-corrected chi connectivity index (χ1v) is 6.24. The molecule has 1 rings (SSSR count). The summed E-state index contributed by atoms with van der Waals surface area (Å²) in [5.74, 6) is 0.583. The number of nitrogens with two attached hydrogens (primary N) is 1. The van der Waals surface area contributed by atoms with Crippen molar-refractivity contribution in [1.82, 2.24) is 9.88 Å². The van der Waals surface area contributed by atoms with E-state index in [1.165, 1.54) is 0 Å². The summed E-state index contributed by atoms with van der Waals surface area (Å²) < 4.78 is 0. The molecular formula is C11H21N3S. The van der Waals surface area contributed by atoms with Gasteiger partial charge in [0, 0.05) is 24.5 Å². The normalized spacial score (nSPS) is 13.8. The van der Waals surface area contributed by atoms with Crippen LogP contribution in [-0.4, -0.2) is 29.5 Å². The lowest BCUT2D eigenvalue weighted by atomic mass is 10.0. The van der Waals surface area contributed by atoms with Crippen LogP contribution in [0.15, 0.2) is 5.38 Å². The van der Waals surface area contributed by atoms with E-state index in [1.807, 2.05) is 6.92 Å². The van der Waals surface area contributed by atoms with Gasteiger partial charge in [-0.05, 0) is 19.9 Å². The van der Waals surface area contributed by atoms with Gasteiger partial charge < -0.3 is 5.73 Å². The van der Waals surface area contributed by atoms with E-state index >= 15 is 0 Å². The molecule has 15 heavy (non-hydrogen) atoms. The van der Waals surface area contributed by atoms with Crippen LogP contribution in [0.5, 0.6) is 0 Å². The first-order chi connectivity index (χ1) is 7.04. The molecule has 0 aliphatic heterocycles. The van der Waals surface area contributed by atoms with Crippen molar-refractivity contribution in [3.05, 3.63) is 16.1 Å². The molecule has 1 aromatic heterocycles. The molecule has 0 bridgehead atoms. The van der Waals surface area contributed by atoms with Crippen molar-refractivity contribution < 1.29 is 0 Å². The molecule has 0 aliphatic rings. The van der Waals surface area contributed by atoms with Gasteiger partial charge in [-0.2, -0.15) is 0 Å². The van der Waals surface area contributed by atoms with Crippen molar-refractivity contribution in [2.24, 2.45) is 11.7 Å². The molecule has 86 valence electrons. The first-order valence-electron chi connectivity index (χ1n) is 5.36. The largest absolute Gasteiger partial charge is 0.329 e. The third-order valence-electron chi connectivity index (χ3n) is 2.66. The monoisotopic (exact) mass is 227 g/mol. The van der Waals surface area contributed by atoms with Gasteiger partial charge in [0.25, 0.3) is 0 Å². The van der Waals surface area contributed by atoms with Gasteiger partial charge in [-0.15, -0.1) is 11.3 Å². The van der Waals surface area contributed by atoms with Crippen molar-refractivity contribution >= 4 is 11.3 Å². The predicted molar refractivity (Wildman–Crippen MR) is 66.0 cm³/mol. The molecule has 1 atom stereocenters. The molecule has 1 aromatic rings. The molecule has 0 saturated heterocycles. The molecule has 4 heteroatoms. The molecule has 1 unspecified atom stereocenters. The SMILES string of the molecule is Cc1nc(CN(C)C(CN)C(C)C)cs1. The van der Waals surface area contributed by atoms with Crippen LogP contribution in [0.4, 0.5) is 0 Å². The fourth-order valence-corrected chi connectivity index (χ4v) is 2.42. The van der Waals surface area contributed by atoms with E-state index in [9.17, 15) is 0 Å². The number of thiazole rings is 1. The Labute approximate surface area is 96.3 Å². The quantitative estimate of drug-likeness (QED) is 0.835. The maximum Gasteiger partial charge on any atom is 0.0897 e. The maximum atomic E-state index is 5.77. The summed E-state index contributed by atoms with van der Waals surface area (Å²) in [5.41, 5.74) is 6.93. The highest BCUT2D eigenvalue weighted by molar-refractivity contribution is 7.09. The zero-order valence-corrected chi connectivity index (χ0v) is 10.8. The number of rotatable bonds is 5. The van der Waals surface area contributed by atoms with Gasteiger partial charge in [-0.3, -0.25) is 4.90 Å². The summed E-state index contributed by atoms with van der Waals surface area (Å²) in [4.78, 5) is 6.75. The zero-order valence-electron chi connectivity index (χ0n) is 10.0. The Balaban J connectivity index is 2.57. The summed E-state index contributed by atoms with van der Waals surface area (Å²) in [6, 6.07) is 0.437. The Morgan fingerprint density at radius 1 is 1.53 bits per heavy atom. The third kappa shape index (κ3) is 3.55. The van der Waals surface area contributed by atoms with Crippen molar-refractivity contribution in [3.8, 4) is 0 Å². The Morgan fingerprint density at radius 3 is 2.60 bits per heavy atom. The van der Waals surface area contributed by atoms with Crippen LogP contribution in [0.25, 0.3) is 0 Å². The average molecular weight is 227 g/mol. The van der Waals surface area contributed by atoms with Gasteiger partial charge in [-0.1, -0.05) is 13.8 Å². The third-order valence-corrected chi connectivity index (χ3v) is 3.48. The second kappa shape index (κ2) is 5.58. The van der Waals surface area contributed by atoms with Gasteiger partial charge in [0.05, 0.1) is 10.7 Å². The van der Waals surface area contributed by atoms with Crippen molar-refractivity contribution in [3.63, 3.8) is 0 Å². The Morgan fingerprint density at radius 2 is 2.20 bits per heavy atom. The predicted octanol–water partition coefficient (Wildman–Crippen LogP) is 1.87. The van der Waals surface area contributed by atoms with Crippen LogP contribution in [0.1, 0.15) is 24.5 Å². The molecule has 0 aliphatic carbocycles. The molecular weight excluding hydrogens is 206 g/mol. The van der Waals surface area contributed by atoms with Crippen LogP contribution in [0.2, 0.25) is 0 Å². The summed E-state index contributed by atoms with van der Waals surface area (Å²) in [7, 11) is 2.12. The second-order valence-electron chi connectivity index (χ2n) is 4.32. The lowest BCUT2D eigenvalue weighted by Gasteiger charge is -2.29. The number of likely N-dealkylation sites (N-methyl/N-ethyl adjacent to an activating group) is 1. The standard InChI is InChI=1S/C11H21N3S/c1-8(2)11(5-12)14(4)6-10-7-15-9(3)13-10/h7-8,11H,5-6,12H2,1-4H3. The van der Waals surface area contributed by atoms with Crippen LogP contribution in [0, 0.1) is 12.8 Å². The van der Waals surface area contributed by atoms with E-state index in [4.69, 9.17) is 5.73 Å². The summed E-state index contributed by atoms with van der Waals surface area (Å²) in [6.07, 6.45) is 0. The molecule has 0 amide bonds. The van der Waals surface area contributed by atoms with E-state index in [1.54, 1.807) is 11.3 Å². The summed E-state index contributed by atoms with van der Waals surface area (Å²) in [6.45, 7) is 8.05. The van der Waals surface area contributed by atoms with Gasteiger partial charge >= 0.3 is 0 Å². The summed E-state index contributed by atoms with van der Waals surface area (Å²) in [5, 5.41) is 3.26. The molecule has 0 fully saturated rings. The van der Waals surface area contributed by atoms with Crippen molar-refractivity contribution in [2.75, 3.05) is 13.6 Å². The van der Waals surface area contributed by atoms with E-state index in [2.05, 4.69) is 36.2 Å². The smallest absolute Gasteiger partial charge is 0.0897 e. The topological polar surface area (TPSA) is 42.2 Å². The van der Waals surface area contributed by atoms with Gasteiger partial charge in [0.1, 0.15) is 0 Å². The van der Waals surface area contributed by atoms with Crippen LogP contribution in [-0.2, 0) is 6.54 Å². The van der Waals surface area contributed by atoms with Crippen LogP contribution >= 0.6 is 11.3 Å². The molecule has 1 heterocycles. The molecule has 2 N–H and O–H groups in total. The van der Waals surface area contributed by atoms with Crippen LogP contribution in [0.3, 0.4) is 0 Å². The Bertz CT molecular complexity index is 296. The highest BCUT2D eigenvalue weighted by Gasteiger charge is 2.17. The van der Waals surface area contributed by atoms with Crippen molar-refractivity contribution in [1.29, 1.82) is 0 Å². The fourth-order valence-electron chi connectivity index (χ4n) is 1.81. The first kappa shape index (κ1) is 12.6. The fraction of sp³-hybridized carbons (Fsp3) is 0.727. The summed E-state index contributed by atoms with van der Waals surface area (Å²) >= 11 is 1.71. The minimum Gasteiger partial charge on any atom is -0.329 e. The minimum absolute atomic E-state index is 0.437. The van der Waals surface area contributed by atoms with Gasteiger partial charge in [-0.25, -0.2) is 4.98 Å². The molecule has 0 aromatic carbocycles. The van der Waals surface area contributed by atoms with E-state index in [-0.39, 0.29) is 0 Å². The molecule has 0 spiro atoms. The highest BCUT2D eigenvalue weighted by Crippen LogP contribution is 2.14. The van der Waals surface area contributed by atoms with Gasteiger partial charge in [0.2, 0.25) is 0 Å². The number of hydrogen-bond acceptors (Lipinski definition) is 4. The van der Waals surface area contributed by atoms with E-state index < -0.39 is 0 Å². The lowest BCUT2D eigenvalue weighted by Crippen LogP contribution is -2.41. The van der Waals surface area contributed by atoms with E-state index in [0.29, 0.717) is 18.5 Å². The lowest BCUT2D eigenvalue weighted by molar-refractivity contribution is 0.188. The second-order valence-corrected chi connectivity index (χ2v) is 5.38. The molecule has 0 radical (unpaired) electrons. The Hall–Kier alpha value is -0.450. The van der Waals surface area contributed by atoms with Crippen LogP contribution < -0.4 is 5.73 Å². The number of hydrogen-bond donors (Lipinski definition) is 1. The number of aromatic nitrogens is 1. The Kier molecular flexibility index (Phi) is 4.70. The minimum atomic E-state index is 0.437. The number of nitrogens with zero attached hydrogens (tertiary/aromatic N) is 2. The number of aryl methyl sites for hydroxylation is 1. The zero-order chi connectivity index (χ0) is 11.4. The van der Waals surface area contributed by atoms with Gasteiger partial charge in [0.15, 0.2) is 0 Å². The molecule has 3 nitrogen and oxygen atoms in total. The molecule has 0 saturated carbocycles. The average Bonchev–Trinajstić information content (AvgIpc) is 2.51.